The Hall–Kier alpha value is -1.29. The second-order valence-electron chi connectivity index (χ2n) is 5.02. The van der Waals surface area contributed by atoms with Crippen molar-refractivity contribution in [1.82, 2.24) is 4.98 Å². The molecule has 0 radical (unpaired) electrons. The molecule has 4 nitrogen and oxygen atoms in total. The van der Waals surface area contributed by atoms with Crippen LogP contribution in [0.3, 0.4) is 0 Å². The fourth-order valence-corrected chi connectivity index (χ4v) is 2.50. The third-order valence-corrected chi connectivity index (χ3v) is 3.57. The molecular formula is C14H23N3O. The Balaban J connectivity index is 2.12. The summed E-state index contributed by atoms with van der Waals surface area (Å²) in [5.74, 6) is 1.66. The first-order valence-corrected chi connectivity index (χ1v) is 6.86. The lowest BCUT2D eigenvalue weighted by Gasteiger charge is -2.30. The summed E-state index contributed by atoms with van der Waals surface area (Å²) in [7, 11) is 0. The maximum Gasteiger partial charge on any atom is 0.169 e. The van der Waals surface area contributed by atoms with Crippen LogP contribution in [0.5, 0.6) is 5.75 Å². The Morgan fingerprint density at radius 2 is 2.22 bits per heavy atom. The average molecular weight is 249 g/mol. The number of nitrogens with zero attached hydrogens (tertiary/aromatic N) is 1. The molecule has 1 aromatic heterocycles. The minimum Gasteiger partial charge on any atom is -0.490 e. The zero-order valence-corrected chi connectivity index (χ0v) is 11.1. The van der Waals surface area contributed by atoms with E-state index in [1.807, 2.05) is 12.1 Å². The van der Waals surface area contributed by atoms with Crippen molar-refractivity contribution in [2.45, 2.75) is 44.6 Å². The summed E-state index contributed by atoms with van der Waals surface area (Å²) >= 11 is 0. The van der Waals surface area contributed by atoms with Gasteiger partial charge >= 0.3 is 0 Å². The fourth-order valence-electron chi connectivity index (χ4n) is 2.50. The highest BCUT2D eigenvalue weighted by molar-refractivity contribution is 5.51. The fraction of sp³-hybridized carbons (Fsp3) is 0.643. The highest BCUT2D eigenvalue weighted by atomic mass is 16.5. The average Bonchev–Trinajstić information content (AvgIpc) is 2.87. The minimum absolute atomic E-state index is 0.0126. The van der Waals surface area contributed by atoms with Gasteiger partial charge in [0.15, 0.2) is 11.6 Å². The first-order chi connectivity index (χ1) is 8.79. The van der Waals surface area contributed by atoms with Crippen molar-refractivity contribution in [3.63, 3.8) is 0 Å². The van der Waals surface area contributed by atoms with Crippen LogP contribution in [0.2, 0.25) is 0 Å². The molecule has 0 spiro atoms. The van der Waals surface area contributed by atoms with Crippen molar-refractivity contribution in [3.8, 4) is 5.75 Å². The van der Waals surface area contributed by atoms with E-state index in [9.17, 15) is 0 Å². The standard InChI is InChI=1S/C14H23N3O/c1-2-10-18-12-6-5-9-16-13(12)17-14(11-15)7-3-4-8-14/h5-6,9H,2-4,7-8,10-11,15H2,1H3,(H,16,17). The number of nitrogens with two attached hydrogens (primary N) is 1. The van der Waals surface area contributed by atoms with Gasteiger partial charge < -0.3 is 15.8 Å². The van der Waals surface area contributed by atoms with Crippen LogP contribution in [0.25, 0.3) is 0 Å². The van der Waals surface area contributed by atoms with Gasteiger partial charge in [-0.15, -0.1) is 0 Å². The molecule has 2 rings (SSSR count). The van der Waals surface area contributed by atoms with Gasteiger partial charge in [0.25, 0.3) is 0 Å². The summed E-state index contributed by atoms with van der Waals surface area (Å²) in [4.78, 5) is 4.40. The predicted octanol–water partition coefficient (Wildman–Crippen LogP) is 2.55. The molecule has 0 unspecified atom stereocenters. The van der Waals surface area contributed by atoms with Gasteiger partial charge in [-0.05, 0) is 31.4 Å². The van der Waals surface area contributed by atoms with Gasteiger partial charge in [0, 0.05) is 12.7 Å². The number of hydrogen-bond acceptors (Lipinski definition) is 4. The van der Waals surface area contributed by atoms with Crippen LogP contribution < -0.4 is 15.8 Å². The van der Waals surface area contributed by atoms with Crippen LogP contribution >= 0.6 is 0 Å². The highest BCUT2D eigenvalue weighted by Crippen LogP contribution is 2.34. The largest absolute Gasteiger partial charge is 0.490 e. The number of ether oxygens (including phenoxy) is 1. The molecule has 0 aromatic carbocycles. The molecule has 0 aliphatic heterocycles. The zero-order valence-electron chi connectivity index (χ0n) is 11.1. The van der Waals surface area contributed by atoms with Crippen molar-refractivity contribution in [3.05, 3.63) is 18.3 Å². The molecule has 1 aliphatic carbocycles. The van der Waals surface area contributed by atoms with Gasteiger partial charge in [0.1, 0.15) is 0 Å². The molecule has 0 amide bonds. The van der Waals surface area contributed by atoms with E-state index < -0.39 is 0 Å². The molecule has 3 N–H and O–H groups in total. The molecule has 1 aliphatic rings. The van der Waals surface area contributed by atoms with E-state index in [4.69, 9.17) is 10.5 Å². The quantitative estimate of drug-likeness (QED) is 0.813. The van der Waals surface area contributed by atoms with Crippen molar-refractivity contribution < 1.29 is 4.74 Å². The van der Waals surface area contributed by atoms with Gasteiger partial charge in [-0.25, -0.2) is 4.98 Å². The van der Waals surface area contributed by atoms with Gasteiger partial charge in [-0.2, -0.15) is 0 Å². The van der Waals surface area contributed by atoms with Gasteiger partial charge in [-0.1, -0.05) is 19.8 Å². The molecule has 100 valence electrons. The molecule has 4 heteroatoms. The molecule has 0 saturated heterocycles. The molecule has 1 saturated carbocycles. The Labute approximate surface area is 109 Å². The van der Waals surface area contributed by atoms with E-state index in [0.717, 1.165) is 37.4 Å². The molecular weight excluding hydrogens is 226 g/mol. The van der Waals surface area contributed by atoms with Crippen LogP contribution in [-0.2, 0) is 0 Å². The Morgan fingerprint density at radius 1 is 1.44 bits per heavy atom. The molecule has 1 heterocycles. The van der Waals surface area contributed by atoms with Crippen LogP contribution in [0, 0.1) is 0 Å². The van der Waals surface area contributed by atoms with E-state index in [1.165, 1.54) is 12.8 Å². The van der Waals surface area contributed by atoms with E-state index in [2.05, 4.69) is 17.2 Å². The SMILES string of the molecule is CCCOc1cccnc1NC1(CN)CCCC1. The summed E-state index contributed by atoms with van der Waals surface area (Å²) in [5, 5.41) is 3.52. The smallest absolute Gasteiger partial charge is 0.169 e. The maximum atomic E-state index is 5.94. The van der Waals surface area contributed by atoms with E-state index in [1.54, 1.807) is 6.20 Å². The number of rotatable bonds is 6. The molecule has 1 aromatic rings. The van der Waals surface area contributed by atoms with Crippen LogP contribution in [0.1, 0.15) is 39.0 Å². The first kappa shape index (κ1) is 13.1. The molecule has 0 atom stereocenters. The lowest BCUT2D eigenvalue weighted by atomic mass is 9.98. The topological polar surface area (TPSA) is 60.2 Å². The lowest BCUT2D eigenvalue weighted by Crippen LogP contribution is -2.43. The van der Waals surface area contributed by atoms with Crippen molar-refractivity contribution >= 4 is 5.82 Å². The summed E-state index contributed by atoms with van der Waals surface area (Å²) in [6.07, 6.45) is 7.50. The monoisotopic (exact) mass is 249 g/mol. The Morgan fingerprint density at radius 3 is 2.89 bits per heavy atom. The van der Waals surface area contributed by atoms with E-state index >= 15 is 0 Å². The summed E-state index contributed by atoms with van der Waals surface area (Å²) < 4.78 is 5.72. The Bertz CT molecular complexity index is 375. The minimum atomic E-state index is 0.0126. The van der Waals surface area contributed by atoms with Crippen LogP contribution in [-0.4, -0.2) is 23.7 Å². The number of nitrogens with one attached hydrogen (secondary N) is 1. The normalized spacial score (nSPS) is 17.7. The zero-order chi connectivity index (χ0) is 12.8. The third-order valence-electron chi connectivity index (χ3n) is 3.57. The number of pyridine rings is 1. The third kappa shape index (κ3) is 2.93. The van der Waals surface area contributed by atoms with E-state index in [0.29, 0.717) is 6.54 Å². The van der Waals surface area contributed by atoms with Crippen molar-refractivity contribution in [1.29, 1.82) is 0 Å². The second-order valence-corrected chi connectivity index (χ2v) is 5.02. The van der Waals surface area contributed by atoms with Gasteiger partial charge in [0.2, 0.25) is 0 Å². The Kier molecular flexibility index (Phi) is 4.42. The highest BCUT2D eigenvalue weighted by Gasteiger charge is 2.33. The second kappa shape index (κ2) is 6.05. The number of hydrogen-bond donors (Lipinski definition) is 2. The summed E-state index contributed by atoms with van der Waals surface area (Å²) in [5.41, 5.74) is 5.95. The van der Waals surface area contributed by atoms with Gasteiger partial charge in [-0.3, -0.25) is 0 Å². The maximum absolute atomic E-state index is 5.94. The number of aromatic nitrogens is 1. The van der Waals surface area contributed by atoms with Crippen LogP contribution in [0.15, 0.2) is 18.3 Å². The molecule has 0 bridgehead atoms. The van der Waals surface area contributed by atoms with Crippen LogP contribution in [0.4, 0.5) is 5.82 Å². The lowest BCUT2D eigenvalue weighted by molar-refractivity contribution is 0.316. The van der Waals surface area contributed by atoms with Crippen molar-refractivity contribution in [2.75, 3.05) is 18.5 Å². The number of anilines is 1. The van der Waals surface area contributed by atoms with Crippen molar-refractivity contribution in [2.24, 2.45) is 5.73 Å². The van der Waals surface area contributed by atoms with E-state index in [-0.39, 0.29) is 5.54 Å². The molecule has 1 fully saturated rings. The van der Waals surface area contributed by atoms with Gasteiger partial charge in [0.05, 0.1) is 12.1 Å². The first-order valence-electron chi connectivity index (χ1n) is 6.86. The molecule has 18 heavy (non-hydrogen) atoms. The summed E-state index contributed by atoms with van der Waals surface area (Å²) in [6.45, 7) is 3.47. The summed E-state index contributed by atoms with van der Waals surface area (Å²) in [6, 6.07) is 3.87. The predicted molar refractivity (Wildman–Crippen MR) is 73.9 cm³/mol.